The van der Waals surface area contributed by atoms with E-state index in [9.17, 15) is 4.79 Å². The van der Waals surface area contributed by atoms with Crippen LogP contribution >= 0.6 is 0 Å². The smallest absolute Gasteiger partial charge is 0.219 e. The van der Waals surface area contributed by atoms with Crippen molar-refractivity contribution in [3.05, 3.63) is 23.9 Å². The molecule has 18 heavy (non-hydrogen) atoms. The molecule has 0 spiro atoms. The third-order valence-corrected chi connectivity index (χ3v) is 3.57. The van der Waals surface area contributed by atoms with Crippen molar-refractivity contribution in [1.29, 1.82) is 0 Å². The second-order valence-electron chi connectivity index (χ2n) is 5.10. The zero-order chi connectivity index (χ0) is 13.1. The number of hydrogen-bond acceptors (Lipinski definition) is 3. The van der Waals surface area contributed by atoms with Gasteiger partial charge in [-0.05, 0) is 25.0 Å². The SMILES string of the molecule is CC(=O)N1CCC(c2cccc(N(C)C)n2)CC1. The maximum Gasteiger partial charge on any atom is 0.219 e. The highest BCUT2D eigenvalue weighted by molar-refractivity contribution is 5.73. The first-order valence-electron chi connectivity index (χ1n) is 6.47. The topological polar surface area (TPSA) is 36.4 Å². The van der Waals surface area contributed by atoms with Crippen LogP contribution in [-0.2, 0) is 4.79 Å². The summed E-state index contributed by atoms with van der Waals surface area (Å²) in [7, 11) is 4.01. The number of rotatable bonds is 2. The van der Waals surface area contributed by atoms with Crippen LogP contribution in [-0.4, -0.2) is 43.0 Å². The maximum atomic E-state index is 11.3. The molecule has 0 aliphatic carbocycles. The number of amides is 1. The number of carbonyl (C=O) groups is 1. The molecule has 1 saturated heterocycles. The van der Waals surface area contributed by atoms with Crippen LogP contribution in [0.25, 0.3) is 0 Å². The van der Waals surface area contributed by atoms with Gasteiger partial charge in [-0.3, -0.25) is 4.79 Å². The third kappa shape index (κ3) is 2.81. The summed E-state index contributed by atoms with van der Waals surface area (Å²) in [6.07, 6.45) is 2.03. The van der Waals surface area contributed by atoms with Gasteiger partial charge in [0.25, 0.3) is 0 Å². The number of piperidine rings is 1. The van der Waals surface area contributed by atoms with Gasteiger partial charge >= 0.3 is 0 Å². The van der Waals surface area contributed by atoms with Crippen molar-refractivity contribution < 1.29 is 4.79 Å². The highest BCUT2D eigenvalue weighted by Crippen LogP contribution is 2.27. The van der Waals surface area contributed by atoms with E-state index in [1.54, 1.807) is 6.92 Å². The van der Waals surface area contributed by atoms with Gasteiger partial charge in [-0.2, -0.15) is 0 Å². The van der Waals surface area contributed by atoms with Crippen molar-refractivity contribution in [3.63, 3.8) is 0 Å². The monoisotopic (exact) mass is 247 g/mol. The van der Waals surface area contributed by atoms with Crippen molar-refractivity contribution in [3.8, 4) is 0 Å². The molecule has 1 aromatic heterocycles. The van der Waals surface area contributed by atoms with E-state index in [1.807, 2.05) is 30.0 Å². The summed E-state index contributed by atoms with van der Waals surface area (Å²) in [4.78, 5) is 19.9. The summed E-state index contributed by atoms with van der Waals surface area (Å²) in [5, 5.41) is 0. The van der Waals surface area contributed by atoms with Gasteiger partial charge in [0.2, 0.25) is 5.91 Å². The number of anilines is 1. The number of pyridine rings is 1. The molecular formula is C14H21N3O. The van der Waals surface area contributed by atoms with Crippen LogP contribution in [0.1, 0.15) is 31.4 Å². The average Bonchev–Trinajstić information content (AvgIpc) is 2.39. The van der Waals surface area contributed by atoms with E-state index < -0.39 is 0 Å². The highest BCUT2D eigenvalue weighted by Gasteiger charge is 2.22. The molecule has 0 bridgehead atoms. The van der Waals surface area contributed by atoms with E-state index in [0.29, 0.717) is 5.92 Å². The summed E-state index contributed by atoms with van der Waals surface area (Å²) in [6.45, 7) is 3.35. The molecule has 2 heterocycles. The van der Waals surface area contributed by atoms with Crippen LogP contribution in [0.3, 0.4) is 0 Å². The van der Waals surface area contributed by atoms with Crippen LogP contribution in [0.15, 0.2) is 18.2 Å². The lowest BCUT2D eigenvalue weighted by molar-refractivity contribution is -0.129. The molecule has 2 rings (SSSR count). The Morgan fingerprint density at radius 1 is 1.33 bits per heavy atom. The van der Waals surface area contributed by atoms with Crippen molar-refractivity contribution in [2.75, 3.05) is 32.1 Å². The molecule has 98 valence electrons. The number of likely N-dealkylation sites (tertiary alicyclic amines) is 1. The molecule has 1 fully saturated rings. The fourth-order valence-electron chi connectivity index (χ4n) is 2.41. The summed E-state index contributed by atoms with van der Waals surface area (Å²) in [5.74, 6) is 1.67. The standard InChI is InChI=1S/C14H21N3O/c1-11(18)17-9-7-12(8-10-17)13-5-4-6-14(15-13)16(2)3/h4-6,12H,7-10H2,1-3H3. The van der Waals surface area contributed by atoms with Crippen molar-refractivity contribution in [2.24, 2.45) is 0 Å². The first kappa shape index (κ1) is 12.9. The van der Waals surface area contributed by atoms with E-state index in [4.69, 9.17) is 0 Å². The minimum Gasteiger partial charge on any atom is -0.363 e. The Morgan fingerprint density at radius 3 is 2.56 bits per heavy atom. The van der Waals surface area contributed by atoms with Crippen molar-refractivity contribution in [2.45, 2.75) is 25.7 Å². The van der Waals surface area contributed by atoms with E-state index in [1.165, 1.54) is 0 Å². The Balaban J connectivity index is 2.05. The number of hydrogen-bond donors (Lipinski definition) is 0. The number of carbonyl (C=O) groups excluding carboxylic acids is 1. The summed E-state index contributed by atoms with van der Waals surface area (Å²) >= 11 is 0. The van der Waals surface area contributed by atoms with Gasteiger partial charge < -0.3 is 9.80 Å². The van der Waals surface area contributed by atoms with Crippen LogP contribution in [0.2, 0.25) is 0 Å². The predicted molar refractivity (Wildman–Crippen MR) is 72.8 cm³/mol. The molecular weight excluding hydrogens is 226 g/mol. The molecule has 1 aliphatic rings. The van der Waals surface area contributed by atoms with Gasteiger partial charge in [0.05, 0.1) is 0 Å². The lowest BCUT2D eigenvalue weighted by atomic mass is 9.93. The third-order valence-electron chi connectivity index (χ3n) is 3.57. The molecule has 1 amide bonds. The number of nitrogens with zero attached hydrogens (tertiary/aromatic N) is 3. The summed E-state index contributed by atoms with van der Waals surface area (Å²) < 4.78 is 0. The maximum absolute atomic E-state index is 11.3. The molecule has 1 aromatic rings. The molecule has 4 heteroatoms. The Hall–Kier alpha value is -1.58. The highest BCUT2D eigenvalue weighted by atomic mass is 16.2. The summed E-state index contributed by atoms with van der Waals surface area (Å²) in [6, 6.07) is 6.18. The Morgan fingerprint density at radius 2 is 2.00 bits per heavy atom. The zero-order valence-corrected chi connectivity index (χ0v) is 11.4. The van der Waals surface area contributed by atoms with Gasteiger partial charge in [0.15, 0.2) is 0 Å². The largest absolute Gasteiger partial charge is 0.363 e. The predicted octanol–water partition coefficient (Wildman–Crippen LogP) is 1.87. The van der Waals surface area contributed by atoms with Crippen molar-refractivity contribution in [1.82, 2.24) is 9.88 Å². The van der Waals surface area contributed by atoms with Gasteiger partial charge in [0.1, 0.15) is 5.82 Å². The van der Waals surface area contributed by atoms with E-state index in [0.717, 1.165) is 37.4 Å². The van der Waals surface area contributed by atoms with Crippen LogP contribution < -0.4 is 4.90 Å². The zero-order valence-electron chi connectivity index (χ0n) is 11.4. The van der Waals surface area contributed by atoms with E-state index >= 15 is 0 Å². The molecule has 0 atom stereocenters. The lowest BCUT2D eigenvalue weighted by Gasteiger charge is -2.31. The first-order valence-corrected chi connectivity index (χ1v) is 6.47. The van der Waals surface area contributed by atoms with Crippen LogP contribution in [0.4, 0.5) is 5.82 Å². The molecule has 1 aliphatic heterocycles. The van der Waals surface area contributed by atoms with Gasteiger partial charge in [0, 0.05) is 45.7 Å². The molecule has 0 radical (unpaired) electrons. The molecule has 0 unspecified atom stereocenters. The molecule has 0 aromatic carbocycles. The quantitative estimate of drug-likeness (QED) is 0.800. The fraction of sp³-hybridized carbons (Fsp3) is 0.571. The fourth-order valence-corrected chi connectivity index (χ4v) is 2.41. The van der Waals surface area contributed by atoms with Crippen molar-refractivity contribution >= 4 is 11.7 Å². The van der Waals surface area contributed by atoms with Gasteiger partial charge in [-0.25, -0.2) is 4.98 Å². The van der Waals surface area contributed by atoms with E-state index in [-0.39, 0.29) is 5.91 Å². The second kappa shape index (κ2) is 5.38. The molecule has 4 nitrogen and oxygen atoms in total. The Kier molecular flexibility index (Phi) is 3.84. The second-order valence-corrected chi connectivity index (χ2v) is 5.10. The summed E-state index contributed by atoms with van der Waals surface area (Å²) in [5.41, 5.74) is 1.16. The molecule has 0 N–H and O–H groups in total. The Labute approximate surface area is 109 Å². The number of aromatic nitrogens is 1. The van der Waals surface area contributed by atoms with Crippen LogP contribution in [0.5, 0.6) is 0 Å². The van der Waals surface area contributed by atoms with Gasteiger partial charge in [-0.15, -0.1) is 0 Å². The van der Waals surface area contributed by atoms with Gasteiger partial charge in [-0.1, -0.05) is 6.07 Å². The molecule has 0 saturated carbocycles. The average molecular weight is 247 g/mol. The Bertz CT molecular complexity index is 423. The normalized spacial score (nSPS) is 16.7. The minimum absolute atomic E-state index is 0.184. The van der Waals surface area contributed by atoms with Crippen LogP contribution in [0, 0.1) is 0 Å². The minimum atomic E-state index is 0.184. The first-order chi connectivity index (χ1) is 8.58. The van der Waals surface area contributed by atoms with E-state index in [2.05, 4.69) is 17.1 Å². The lowest BCUT2D eigenvalue weighted by Crippen LogP contribution is -2.36.